The summed E-state index contributed by atoms with van der Waals surface area (Å²) in [7, 11) is 0. The minimum atomic E-state index is 0.0639. The quantitative estimate of drug-likeness (QED) is 0.873. The van der Waals surface area contributed by atoms with Crippen LogP contribution in [0.5, 0.6) is 0 Å². The molecule has 1 aromatic carbocycles. The van der Waals surface area contributed by atoms with E-state index in [9.17, 15) is 4.79 Å². The van der Waals surface area contributed by atoms with Crippen LogP contribution >= 0.6 is 0 Å². The van der Waals surface area contributed by atoms with Gasteiger partial charge in [-0.05, 0) is 56.0 Å². The molecule has 1 aliphatic rings. The van der Waals surface area contributed by atoms with Crippen molar-refractivity contribution in [3.05, 3.63) is 42.1 Å². The summed E-state index contributed by atoms with van der Waals surface area (Å²) in [6, 6.07) is 9.31. The monoisotopic (exact) mass is 310 g/mol. The molecule has 1 saturated heterocycles. The topological polar surface area (TPSA) is 58.1 Å². The third-order valence-electron chi connectivity index (χ3n) is 4.17. The van der Waals surface area contributed by atoms with E-state index < -0.39 is 0 Å². The molecule has 0 aliphatic carbocycles. The molecule has 1 N–H and O–H groups in total. The Labute approximate surface area is 136 Å². The lowest BCUT2D eigenvalue weighted by Gasteiger charge is -2.31. The summed E-state index contributed by atoms with van der Waals surface area (Å²) in [5.41, 5.74) is 1.58. The highest BCUT2D eigenvalue weighted by molar-refractivity contribution is 5.94. The van der Waals surface area contributed by atoms with Crippen molar-refractivity contribution in [2.24, 2.45) is 5.92 Å². The van der Waals surface area contributed by atoms with Crippen molar-refractivity contribution in [1.29, 1.82) is 0 Å². The van der Waals surface area contributed by atoms with Crippen molar-refractivity contribution < 1.29 is 4.79 Å². The van der Waals surface area contributed by atoms with E-state index in [1.807, 2.05) is 18.2 Å². The molecule has 2 heterocycles. The van der Waals surface area contributed by atoms with E-state index in [1.165, 1.54) is 12.8 Å². The molecular weight excluding hydrogens is 288 g/mol. The summed E-state index contributed by atoms with van der Waals surface area (Å²) in [6.07, 6.45) is 4.28. The van der Waals surface area contributed by atoms with Crippen LogP contribution in [0.15, 0.2) is 36.5 Å². The maximum atomic E-state index is 11.3. The lowest BCUT2D eigenvalue weighted by molar-refractivity contribution is 0.101. The van der Waals surface area contributed by atoms with E-state index in [4.69, 9.17) is 0 Å². The second-order valence-electron chi connectivity index (χ2n) is 6.19. The van der Waals surface area contributed by atoms with Gasteiger partial charge in [0, 0.05) is 30.5 Å². The Morgan fingerprint density at radius 2 is 2.04 bits per heavy atom. The van der Waals surface area contributed by atoms with E-state index in [-0.39, 0.29) is 5.78 Å². The molecule has 3 rings (SSSR count). The predicted octanol–water partition coefficient (Wildman–Crippen LogP) is 3.66. The minimum absolute atomic E-state index is 0.0639. The van der Waals surface area contributed by atoms with E-state index in [0.717, 1.165) is 24.6 Å². The van der Waals surface area contributed by atoms with Gasteiger partial charge in [-0.1, -0.05) is 6.92 Å². The Kier molecular flexibility index (Phi) is 4.55. The van der Waals surface area contributed by atoms with Crippen LogP contribution in [0.4, 0.5) is 17.5 Å². The standard InChI is InChI=1S/C18H22N4O/c1-13-4-3-11-22(12-13)17-9-10-19-18(21-17)20-16-7-5-15(6-8-16)14(2)23/h5-10,13H,3-4,11-12H2,1-2H3,(H,19,20,21). The van der Waals surface area contributed by atoms with Crippen LogP contribution in [0.25, 0.3) is 0 Å². The van der Waals surface area contributed by atoms with Crippen LogP contribution in [0.3, 0.4) is 0 Å². The molecule has 5 nitrogen and oxygen atoms in total. The lowest BCUT2D eigenvalue weighted by Crippen LogP contribution is -2.34. The second kappa shape index (κ2) is 6.77. The van der Waals surface area contributed by atoms with E-state index >= 15 is 0 Å². The van der Waals surface area contributed by atoms with Crippen molar-refractivity contribution in [2.75, 3.05) is 23.3 Å². The first kappa shape index (κ1) is 15.5. The maximum absolute atomic E-state index is 11.3. The molecule has 0 bridgehead atoms. The molecule has 120 valence electrons. The van der Waals surface area contributed by atoms with Crippen molar-refractivity contribution in [3.8, 4) is 0 Å². The summed E-state index contributed by atoms with van der Waals surface area (Å²) in [5, 5.41) is 3.20. The van der Waals surface area contributed by atoms with Crippen molar-refractivity contribution in [1.82, 2.24) is 9.97 Å². The number of nitrogens with one attached hydrogen (secondary N) is 1. The zero-order valence-corrected chi connectivity index (χ0v) is 13.6. The lowest BCUT2D eigenvalue weighted by atomic mass is 10.0. The van der Waals surface area contributed by atoms with Crippen LogP contribution in [0.2, 0.25) is 0 Å². The molecule has 1 atom stereocenters. The van der Waals surface area contributed by atoms with Crippen molar-refractivity contribution in [3.63, 3.8) is 0 Å². The van der Waals surface area contributed by atoms with Gasteiger partial charge in [0.1, 0.15) is 5.82 Å². The molecule has 1 fully saturated rings. The number of ketones is 1. The number of aromatic nitrogens is 2. The third-order valence-corrected chi connectivity index (χ3v) is 4.17. The third kappa shape index (κ3) is 3.86. The molecule has 0 amide bonds. The van der Waals surface area contributed by atoms with Gasteiger partial charge >= 0.3 is 0 Å². The number of hydrogen-bond donors (Lipinski definition) is 1. The number of Topliss-reactive ketones (excluding diaryl/α,β-unsaturated/α-hetero) is 1. The Morgan fingerprint density at radius 3 is 2.74 bits per heavy atom. The average molecular weight is 310 g/mol. The number of benzene rings is 1. The summed E-state index contributed by atoms with van der Waals surface area (Å²) in [6.45, 7) is 5.94. The number of carbonyl (C=O) groups excluding carboxylic acids is 1. The highest BCUT2D eigenvalue weighted by Gasteiger charge is 2.17. The normalized spacial score (nSPS) is 17.8. The van der Waals surface area contributed by atoms with Gasteiger partial charge in [-0.2, -0.15) is 4.98 Å². The first-order valence-electron chi connectivity index (χ1n) is 8.08. The number of nitrogens with zero attached hydrogens (tertiary/aromatic N) is 3. The molecule has 0 spiro atoms. The predicted molar refractivity (Wildman–Crippen MR) is 92.4 cm³/mol. The number of rotatable bonds is 4. The SMILES string of the molecule is CC(=O)c1ccc(Nc2nccc(N3CCCC(C)C3)n2)cc1. The van der Waals surface area contributed by atoms with Crippen LogP contribution in [-0.2, 0) is 0 Å². The average Bonchev–Trinajstić information content (AvgIpc) is 2.56. The van der Waals surface area contributed by atoms with Gasteiger partial charge in [0.15, 0.2) is 5.78 Å². The van der Waals surface area contributed by atoms with Crippen molar-refractivity contribution >= 4 is 23.2 Å². The van der Waals surface area contributed by atoms with Gasteiger partial charge in [-0.25, -0.2) is 4.98 Å². The molecule has 1 unspecified atom stereocenters. The van der Waals surface area contributed by atoms with Crippen LogP contribution in [0.1, 0.15) is 37.0 Å². The molecule has 1 aliphatic heterocycles. The summed E-state index contributed by atoms with van der Waals surface area (Å²) in [4.78, 5) is 22.5. The number of hydrogen-bond acceptors (Lipinski definition) is 5. The fourth-order valence-corrected chi connectivity index (χ4v) is 2.90. The van der Waals surface area contributed by atoms with Crippen LogP contribution in [-0.4, -0.2) is 28.8 Å². The van der Waals surface area contributed by atoms with Crippen molar-refractivity contribution in [2.45, 2.75) is 26.7 Å². The molecule has 5 heteroatoms. The zero-order valence-electron chi connectivity index (χ0n) is 13.6. The Balaban J connectivity index is 1.73. The Morgan fingerprint density at radius 1 is 1.26 bits per heavy atom. The molecule has 23 heavy (non-hydrogen) atoms. The first-order chi connectivity index (χ1) is 11.1. The molecule has 1 aromatic heterocycles. The fraction of sp³-hybridized carbons (Fsp3) is 0.389. The summed E-state index contributed by atoms with van der Waals surface area (Å²) >= 11 is 0. The number of carbonyl (C=O) groups is 1. The highest BCUT2D eigenvalue weighted by Crippen LogP contribution is 2.22. The van der Waals surface area contributed by atoms with Gasteiger partial charge in [-0.3, -0.25) is 4.79 Å². The molecule has 0 saturated carbocycles. The smallest absolute Gasteiger partial charge is 0.229 e. The number of anilines is 3. The van der Waals surface area contributed by atoms with E-state index in [2.05, 4.69) is 27.1 Å². The highest BCUT2D eigenvalue weighted by atomic mass is 16.1. The summed E-state index contributed by atoms with van der Waals surface area (Å²) in [5.74, 6) is 2.31. The second-order valence-corrected chi connectivity index (χ2v) is 6.19. The fourth-order valence-electron chi connectivity index (χ4n) is 2.90. The zero-order chi connectivity index (χ0) is 16.2. The minimum Gasteiger partial charge on any atom is -0.356 e. The molecule has 0 radical (unpaired) electrons. The number of piperidine rings is 1. The van der Waals surface area contributed by atoms with Crippen LogP contribution in [0, 0.1) is 5.92 Å². The van der Waals surface area contributed by atoms with Gasteiger partial charge in [0.25, 0.3) is 0 Å². The van der Waals surface area contributed by atoms with E-state index in [0.29, 0.717) is 17.4 Å². The molecule has 2 aromatic rings. The van der Waals surface area contributed by atoms with Gasteiger partial charge < -0.3 is 10.2 Å². The van der Waals surface area contributed by atoms with Gasteiger partial charge in [0.2, 0.25) is 5.95 Å². The largest absolute Gasteiger partial charge is 0.356 e. The van der Waals surface area contributed by atoms with Gasteiger partial charge in [-0.15, -0.1) is 0 Å². The summed E-state index contributed by atoms with van der Waals surface area (Å²) < 4.78 is 0. The first-order valence-corrected chi connectivity index (χ1v) is 8.08. The van der Waals surface area contributed by atoms with Crippen LogP contribution < -0.4 is 10.2 Å². The van der Waals surface area contributed by atoms with E-state index in [1.54, 1.807) is 25.3 Å². The van der Waals surface area contributed by atoms with Gasteiger partial charge in [0.05, 0.1) is 0 Å². The molecular formula is C18H22N4O. The Bertz CT molecular complexity index is 684. The maximum Gasteiger partial charge on any atom is 0.229 e. The Hall–Kier alpha value is -2.43.